The van der Waals surface area contributed by atoms with Crippen LogP contribution in [0.5, 0.6) is 0 Å². The molecule has 3 unspecified atom stereocenters. The van der Waals surface area contributed by atoms with Crippen molar-refractivity contribution in [1.82, 2.24) is 0 Å². The van der Waals surface area contributed by atoms with Gasteiger partial charge in [-0.3, -0.25) is 0 Å². The number of halogens is 1. The third-order valence-electron chi connectivity index (χ3n) is 5.96. The third-order valence-corrected chi connectivity index (χ3v) is 5.96. The highest BCUT2D eigenvalue weighted by atomic mass is 19.1. The molecule has 3 heteroatoms. The average Bonchev–Trinajstić information content (AvgIpc) is 3.02. The zero-order valence-corrected chi connectivity index (χ0v) is 14.9. The minimum absolute atomic E-state index is 0.0975. The fourth-order valence-corrected chi connectivity index (χ4v) is 4.49. The highest BCUT2D eigenvalue weighted by Gasteiger charge is 2.53. The first kappa shape index (κ1) is 15.4. The molecule has 130 valence electrons. The van der Waals surface area contributed by atoms with Crippen molar-refractivity contribution in [3.05, 3.63) is 84.4 Å². The molecular formula is C23H21FN2. The Morgan fingerprint density at radius 3 is 1.96 bits per heavy atom. The molecule has 2 aliphatic rings. The second kappa shape index (κ2) is 5.34. The summed E-state index contributed by atoms with van der Waals surface area (Å²) in [5.41, 5.74) is 3.70. The topological polar surface area (TPSA) is 6.48 Å². The van der Waals surface area contributed by atoms with Crippen molar-refractivity contribution in [3.8, 4) is 0 Å². The fourth-order valence-electron chi connectivity index (χ4n) is 4.49. The first-order valence-electron chi connectivity index (χ1n) is 9.11. The minimum atomic E-state index is -1.40. The van der Waals surface area contributed by atoms with Crippen molar-refractivity contribution in [2.45, 2.75) is 25.7 Å². The number of hydrogen-bond acceptors (Lipinski definition) is 2. The maximum atomic E-state index is 16.0. The lowest BCUT2D eigenvalue weighted by Gasteiger charge is -2.47. The van der Waals surface area contributed by atoms with Gasteiger partial charge in [-0.25, -0.2) is 4.39 Å². The Morgan fingerprint density at radius 1 is 0.731 bits per heavy atom. The number of alkyl halides is 1. The van der Waals surface area contributed by atoms with Crippen molar-refractivity contribution >= 4 is 22.7 Å². The molecule has 3 aromatic carbocycles. The first-order valence-corrected chi connectivity index (χ1v) is 9.11. The standard InChI is InChI=1S/C23H21FN2/c1-16-22-25(17-10-4-3-5-11-17)20-14-8-9-15-21(20)26(22)19-13-7-6-12-18(19)23(16,2)24/h3-16,22H,1-2H3. The van der Waals surface area contributed by atoms with Crippen LogP contribution >= 0.6 is 0 Å². The molecule has 2 heterocycles. The smallest absolute Gasteiger partial charge is 0.141 e. The Labute approximate surface area is 153 Å². The maximum Gasteiger partial charge on any atom is 0.141 e. The van der Waals surface area contributed by atoms with Gasteiger partial charge in [0, 0.05) is 22.9 Å². The van der Waals surface area contributed by atoms with Crippen LogP contribution in [-0.2, 0) is 5.67 Å². The van der Waals surface area contributed by atoms with Gasteiger partial charge >= 0.3 is 0 Å². The van der Waals surface area contributed by atoms with E-state index in [4.69, 9.17) is 0 Å². The van der Waals surface area contributed by atoms with E-state index in [1.807, 2.05) is 49.4 Å². The molecule has 2 aliphatic heterocycles. The van der Waals surface area contributed by atoms with E-state index in [0.717, 1.165) is 28.3 Å². The molecule has 5 rings (SSSR count). The van der Waals surface area contributed by atoms with Crippen molar-refractivity contribution in [3.63, 3.8) is 0 Å². The molecule has 2 nitrogen and oxygen atoms in total. The second-order valence-corrected chi connectivity index (χ2v) is 7.36. The van der Waals surface area contributed by atoms with Gasteiger partial charge in [-0.15, -0.1) is 0 Å². The van der Waals surface area contributed by atoms with Gasteiger partial charge in [-0.05, 0) is 37.3 Å². The minimum Gasteiger partial charge on any atom is -0.318 e. The van der Waals surface area contributed by atoms with Gasteiger partial charge in [0.15, 0.2) is 0 Å². The van der Waals surface area contributed by atoms with Crippen molar-refractivity contribution in [1.29, 1.82) is 0 Å². The Kier molecular flexibility index (Phi) is 3.17. The largest absolute Gasteiger partial charge is 0.318 e. The highest BCUT2D eigenvalue weighted by Crippen LogP contribution is 2.57. The second-order valence-electron chi connectivity index (χ2n) is 7.36. The van der Waals surface area contributed by atoms with E-state index in [-0.39, 0.29) is 12.1 Å². The average molecular weight is 344 g/mol. The molecule has 0 N–H and O–H groups in total. The van der Waals surface area contributed by atoms with E-state index < -0.39 is 5.67 Å². The molecule has 0 radical (unpaired) electrons. The van der Waals surface area contributed by atoms with Crippen molar-refractivity contribution in [2.24, 2.45) is 5.92 Å². The van der Waals surface area contributed by atoms with Crippen molar-refractivity contribution < 1.29 is 4.39 Å². The quantitative estimate of drug-likeness (QED) is 0.523. The van der Waals surface area contributed by atoms with E-state index in [0.29, 0.717) is 0 Å². The predicted molar refractivity (Wildman–Crippen MR) is 105 cm³/mol. The molecule has 0 aromatic heterocycles. The van der Waals surface area contributed by atoms with Gasteiger partial charge in [0.25, 0.3) is 0 Å². The molecular weight excluding hydrogens is 323 g/mol. The van der Waals surface area contributed by atoms with Gasteiger partial charge in [-0.2, -0.15) is 0 Å². The van der Waals surface area contributed by atoms with Crippen LogP contribution in [0.3, 0.4) is 0 Å². The Bertz CT molecular complexity index is 967. The molecule has 0 bridgehead atoms. The predicted octanol–water partition coefficient (Wildman–Crippen LogP) is 6.14. The van der Waals surface area contributed by atoms with Gasteiger partial charge in [-0.1, -0.05) is 55.5 Å². The number of benzene rings is 3. The summed E-state index contributed by atoms with van der Waals surface area (Å²) in [5, 5.41) is 0. The summed E-state index contributed by atoms with van der Waals surface area (Å²) >= 11 is 0. The Balaban J connectivity index is 1.80. The molecule has 26 heavy (non-hydrogen) atoms. The molecule has 0 saturated carbocycles. The summed E-state index contributed by atoms with van der Waals surface area (Å²) in [5.74, 6) is -0.204. The SMILES string of the molecule is CC1C2N(c3ccccc3)c3ccccc3N2c2ccccc2C1(C)F. The van der Waals surface area contributed by atoms with Crippen LogP contribution in [-0.4, -0.2) is 6.17 Å². The maximum absolute atomic E-state index is 16.0. The Hall–Kier alpha value is -2.81. The summed E-state index contributed by atoms with van der Waals surface area (Å²) < 4.78 is 16.0. The number of anilines is 4. The van der Waals surface area contributed by atoms with Gasteiger partial charge in [0.05, 0.1) is 11.4 Å². The van der Waals surface area contributed by atoms with Crippen molar-refractivity contribution in [2.75, 3.05) is 9.80 Å². The summed E-state index contributed by atoms with van der Waals surface area (Å²) in [6, 6.07) is 26.6. The highest BCUT2D eigenvalue weighted by molar-refractivity contribution is 5.90. The van der Waals surface area contributed by atoms with Gasteiger partial charge in [0.2, 0.25) is 0 Å². The van der Waals surface area contributed by atoms with Gasteiger partial charge in [0.1, 0.15) is 11.8 Å². The normalized spacial score (nSPS) is 26.3. The Morgan fingerprint density at radius 2 is 1.27 bits per heavy atom. The lowest BCUT2D eigenvalue weighted by molar-refractivity contribution is 0.0881. The number of rotatable bonds is 1. The monoisotopic (exact) mass is 344 g/mol. The van der Waals surface area contributed by atoms with Crippen LogP contribution in [0, 0.1) is 5.92 Å². The summed E-state index contributed by atoms with van der Waals surface area (Å²) in [6.07, 6.45) is -0.0975. The van der Waals surface area contributed by atoms with Crippen LogP contribution in [0.15, 0.2) is 78.9 Å². The molecule has 0 amide bonds. The fraction of sp³-hybridized carbons (Fsp3) is 0.217. The molecule has 3 aromatic rings. The lowest BCUT2D eigenvalue weighted by atomic mass is 9.78. The van der Waals surface area contributed by atoms with Crippen LogP contribution in [0.25, 0.3) is 0 Å². The molecule has 3 atom stereocenters. The third kappa shape index (κ3) is 1.91. The molecule has 0 spiro atoms. The van der Waals surface area contributed by atoms with E-state index in [9.17, 15) is 0 Å². The number of nitrogens with zero attached hydrogens (tertiary/aromatic N) is 2. The zero-order chi connectivity index (χ0) is 17.9. The van der Waals surface area contributed by atoms with Crippen LogP contribution < -0.4 is 9.80 Å². The summed E-state index contributed by atoms with van der Waals surface area (Å²) in [6.45, 7) is 3.75. The van der Waals surface area contributed by atoms with Crippen LogP contribution in [0.4, 0.5) is 27.1 Å². The number of hydrogen-bond donors (Lipinski definition) is 0. The lowest BCUT2D eigenvalue weighted by Crippen LogP contribution is -2.53. The zero-order valence-electron chi connectivity index (χ0n) is 14.9. The van der Waals surface area contributed by atoms with Crippen LogP contribution in [0.2, 0.25) is 0 Å². The summed E-state index contributed by atoms with van der Waals surface area (Å²) in [7, 11) is 0. The number of fused-ring (bicyclic) bond motifs is 5. The molecule has 0 aliphatic carbocycles. The van der Waals surface area contributed by atoms with E-state index in [1.54, 1.807) is 6.92 Å². The van der Waals surface area contributed by atoms with Crippen LogP contribution in [0.1, 0.15) is 19.4 Å². The molecule has 0 saturated heterocycles. The van der Waals surface area contributed by atoms with E-state index in [2.05, 4.69) is 46.2 Å². The first-order chi connectivity index (χ1) is 12.6. The molecule has 0 fully saturated rings. The summed E-state index contributed by atoms with van der Waals surface area (Å²) in [4.78, 5) is 4.59. The number of para-hydroxylation sites is 4. The van der Waals surface area contributed by atoms with E-state index in [1.165, 1.54) is 0 Å². The van der Waals surface area contributed by atoms with Gasteiger partial charge < -0.3 is 9.80 Å². The van der Waals surface area contributed by atoms with E-state index >= 15 is 4.39 Å².